The fourth-order valence-corrected chi connectivity index (χ4v) is 3.57. The summed E-state index contributed by atoms with van der Waals surface area (Å²) in [4.78, 5) is 61.0. The van der Waals surface area contributed by atoms with E-state index in [1.165, 1.54) is 32.1 Å². The van der Waals surface area contributed by atoms with E-state index in [0.717, 1.165) is 6.92 Å². The molecule has 1 aromatic rings. The lowest BCUT2D eigenvalue weighted by Crippen LogP contribution is -2.39. The van der Waals surface area contributed by atoms with Crippen molar-refractivity contribution in [2.24, 2.45) is 11.8 Å². The van der Waals surface area contributed by atoms with Gasteiger partial charge in [0.25, 0.3) is 0 Å². The van der Waals surface area contributed by atoms with Gasteiger partial charge in [0.15, 0.2) is 17.3 Å². The van der Waals surface area contributed by atoms with Crippen LogP contribution in [0.1, 0.15) is 48.4 Å². The molecule has 30 heavy (non-hydrogen) atoms. The average molecular weight is 412 g/mol. The minimum atomic E-state index is -1.05. The summed E-state index contributed by atoms with van der Waals surface area (Å²) in [6, 6.07) is 2.64. The molecular formula is C22H20O8. The fourth-order valence-electron chi connectivity index (χ4n) is 3.57. The van der Waals surface area contributed by atoms with Crippen molar-refractivity contribution < 1.29 is 38.2 Å². The smallest absolute Gasteiger partial charge is 0.308 e. The highest BCUT2D eigenvalue weighted by atomic mass is 16.5. The van der Waals surface area contributed by atoms with Gasteiger partial charge in [-0.15, -0.1) is 0 Å². The molecule has 8 heteroatoms. The van der Waals surface area contributed by atoms with Gasteiger partial charge in [-0.2, -0.15) is 0 Å². The van der Waals surface area contributed by atoms with E-state index in [4.69, 9.17) is 14.2 Å². The summed E-state index contributed by atoms with van der Waals surface area (Å²) < 4.78 is 15.8. The molecule has 0 bridgehead atoms. The third kappa shape index (κ3) is 4.07. The molecule has 0 aliphatic heterocycles. The molecular weight excluding hydrogens is 392 g/mol. The number of ketones is 3. The number of hydrogen-bond donors (Lipinski definition) is 0. The van der Waals surface area contributed by atoms with Crippen LogP contribution in [0.15, 0.2) is 35.6 Å². The van der Waals surface area contributed by atoms with Crippen molar-refractivity contribution in [3.05, 3.63) is 46.7 Å². The summed E-state index contributed by atoms with van der Waals surface area (Å²) in [5.41, 5.74) is 0.602. The van der Waals surface area contributed by atoms with Crippen LogP contribution in [0.3, 0.4) is 0 Å². The number of carbonyl (C=O) groups is 5. The van der Waals surface area contributed by atoms with Crippen LogP contribution < -0.4 is 9.47 Å². The molecule has 0 spiro atoms. The molecule has 2 aliphatic carbocycles. The Balaban J connectivity index is 2.16. The second-order valence-corrected chi connectivity index (χ2v) is 7.21. The highest BCUT2D eigenvalue weighted by molar-refractivity contribution is 6.19. The van der Waals surface area contributed by atoms with E-state index in [0.29, 0.717) is 5.57 Å². The Bertz CT molecular complexity index is 1040. The zero-order valence-corrected chi connectivity index (χ0v) is 16.9. The van der Waals surface area contributed by atoms with Gasteiger partial charge in [-0.1, -0.05) is 11.6 Å². The normalized spacial score (nSPS) is 19.7. The van der Waals surface area contributed by atoms with Crippen molar-refractivity contribution in [1.82, 2.24) is 0 Å². The molecule has 2 unspecified atom stereocenters. The number of carbonyl (C=O) groups excluding carboxylic acids is 5. The van der Waals surface area contributed by atoms with Crippen molar-refractivity contribution in [2.45, 2.75) is 27.7 Å². The van der Waals surface area contributed by atoms with Crippen LogP contribution in [0.4, 0.5) is 0 Å². The predicted molar refractivity (Wildman–Crippen MR) is 103 cm³/mol. The number of ether oxygens (including phenoxy) is 3. The number of allylic oxidation sites excluding steroid dienone is 4. The fraction of sp³-hybridized carbons (Fsp3) is 0.318. The molecule has 2 aliphatic rings. The Labute approximate surface area is 172 Å². The van der Waals surface area contributed by atoms with Crippen molar-refractivity contribution in [3.63, 3.8) is 0 Å². The maximum atomic E-state index is 13.4. The first-order chi connectivity index (χ1) is 14.1. The SMILES string of the molecule is CC(=O)COc1cc(OC(C)=O)c2c(c1)C(=O)C1C=C(C)C=C(OC(C)=O)C1C2=O. The Hall–Kier alpha value is -3.55. The zero-order chi connectivity index (χ0) is 22.2. The second kappa shape index (κ2) is 8.06. The van der Waals surface area contributed by atoms with Crippen LogP contribution in [0.25, 0.3) is 0 Å². The maximum absolute atomic E-state index is 13.4. The van der Waals surface area contributed by atoms with Gasteiger partial charge in [0.1, 0.15) is 23.9 Å². The minimum absolute atomic E-state index is 0.0201. The second-order valence-electron chi connectivity index (χ2n) is 7.21. The van der Waals surface area contributed by atoms with Crippen molar-refractivity contribution in [3.8, 4) is 11.5 Å². The number of Topliss-reactive ketones (excluding diaryl/α,β-unsaturated/α-hetero) is 3. The number of rotatable bonds is 5. The molecule has 0 heterocycles. The molecule has 0 saturated carbocycles. The summed E-state index contributed by atoms with van der Waals surface area (Å²) in [6.45, 7) is 5.18. The molecule has 0 aromatic heterocycles. The lowest BCUT2D eigenvalue weighted by molar-refractivity contribution is -0.137. The van der Waals surface area contributed by atoms with Gasteiger partial charge in [0.2, 0.25) is 0 Å². The Morgan fingerprint density at radius 3 is 2.23 bits per heavy atom. The summed E-state index contributed by atoms with van der Waals surface area (Å²) in [6.07, 6.45) is 3.17. The van der Waals surface area contributed by atoms with Crippen molar-refractivity contribution in [1.29, 1.82) is 0 Å². The average Bonchev–Trinajstić information content (AvgIpc) is 2.62. The highest BCUT2D eigenvalue weighted by Crippen LogP contribution is 2.44. The monoisotopic (exact) mass is 412 g/mol. The van der Waals surface area contributed by atoms with Crippen LogP contribution in [0.5, 0.6) is 11.5 Å². The number of hydrogen-bond acceptors (Lipinski definition) is 8. The predicted octanol–water partition coefficient (Wildman–Crippen LogP) is 2.60. The van der Waals surface area contributed by atoms with Gasteiger partial charge in [-0.3, -0.25) is 24.0 Å². The van der Waals surface area contributed by atoms with Crippen LogP contribution in [0, 0.1) is 11.8 Å². The molecule has 8 nitrogen and oxygen atoms in total. The topological polar surface area (TPSA) is 113 Å². The van der Waals surface area contributed by atoms with E-state index in [1.54, 1.807) is 13.0 Å². The summed E-state index contributed by atoms with van der Waals surface area (Å²) in [5.74, 6) is -4.36. The molecule has 0 amide bonds. The summed E-state index contributed by atoms with van der Waals surface area (Å²) in [5, 5.41) is 0. The van der Waals surface area contributed by atoms with Crippen LogP contribution in [-0.2, 0) is 19.1 Å². The highest BCUT2D eigenvalue weighted by Gasteiger charge is 2.47. The van der Waals surface area contributed by atoms with Gasteiger partial charge in [0.05, 0.1) is 17.4 Å². The van der Waals surface area contributed by atoms with E-state index >= 15 is 0 Å². The number of benzene rings is 1. The third-order valence-electron chi connectivity index (χ3n) is 4.61. The number of esters is 2. The molecule has 156 valence electrons. The lowest BCUT2D eigenvalue weighted by Gasteiger charge is -2.33. The van der Waals surface area contributed by atoms with E-state index in [2.05, 4.69) is 0 Å². The zero-order valence-electron chi connectivity index (χ0n) is 16.9. The minimum Gasteiger partial charge on any atom is -0.486 e. The van der Waals surface area contributed by atoms with Crippen LogP contribution in [0.2, 0.25) is 0 Å². The van der Waals surface area contributed by atoms with Crippen molar-refractivity contribution >= 4 is 29.3 Å². The third-order valence-corrected chi connectivity index (χ3v) is 4.61. The van der Waals surface area contributed by atoms with Crippen LogP contribution in [-0.4, -0.2) is 35.9 Å². The molecule has 0 N–H and O–H groups in total. The van der Waals surface area contributed by atoms with E-state index in [9.17, 15) is 24.0 Å². The quantitative estimate of drug-likeness (QED) is 0.536. The van der Waals surface area contributed by atoms with Crippen molar-refractivity contribution in [2.75, 3.05) is 6.61 Å². The first-order valence-corrected chi connectivity index (χ1v) is 9.24. The number of fused-ring (bicyclic) bond motifs is 2. The summed E-state index contributed by atoms with van der Waals surface area (Å²) in [7, 11) is 0. The largest absolute Gasteiger partial charge is 0.486 e. The van der Waals surface area contributed by atoms with Gasteiger partial charge in [0, 0.05) is 25.5 Å². The molecule has 0 fully saturated rings. The van der Waals surface area contributed by atoms with Crippen LogP contribution >= 0.6 is 0 Å². The van der Waals surface area contributed by atoms with E-state index < -0.39 is 35.3 Å². The Morgan fingerprint density at radius 1 is 0.967 bits per heavy atom. The Kier molecular flexibility index (Phi) is 5.69. The Morgan fingerprint density at radius 2 is 1.63 bits per heavy atom. The van der Waals surface area contributed by atoms with E-state index in [1.807, 2.05) is 0 Å². The maximum Gasteiger partial charge on any atom is 0.308 e. The van der Waals surface area contributed by atoms with Gasteiger partial charge < -0.3 is 14.2 Å². The molecule has 2 atom stereocenters. The standard InChI is InChI=1S/C22H20O8/c1-10-5-15-19(17(6-10)29-12(3)24)22(27)20-16(21(15)26)7-14(28-9-11(2)23)8-18(20)30-13(4)25/h5-8,15,19H,9H2,1-4H3. The van der Waals surface area contributed by atoms with Gasteiger partial charge in [-0.05, 0) is 26.0 Å². The summed E-state index contributed by atoms with van der Waals surface area (Å²) >= 11 is 0. The van der Waals surface area contributed by atoms with Gasteiger partial charge >= 0.3 is 11.9 Å². The van der Waals surface area contributed by atoms with Gasteiger partial charge in [-0.25, -0.2) is 0 Å². The first-order valence-electron chi connectivity index (χ1n) is 9.24. The van der Waals surface area contributed by atoms with E-state index in [-0.39, 0.29) is 40.8 Å². The molecule has 0 saturated heterocycles. The molecule has 0 radical (unpaired) electrons. The first kappa shape index (κ1) is 21.2. The lowest BCUT2D eigenvalue weighted by atomic mass is 9.70. The molecule has 3 rings (SSSR count). The molecule has 1 aromatic carbocycles.